The van der Waals surface area contributed by atoms with Crippen molar-refractivity contribution < 1.29 is 14.3 Å². The Morgan fingerprint density at radius 1 is 1.29 bits per heavy atom. The first kappa shape index (κ1) is 16.7. The maximum atomic E-state index is 11.3. The maximum absolute atomic E-state index is 11.3. The summed E-state index contributed by atoms with van der Waals surface area (Å²) in [6.45, 7) is 5.27. The van der Waals surface area contributed by atoms with Crippen LogP contribution < -0.4 is 14.8 Å². The molecule has 0 saturated heterocycles. The van der Waals surface area contributed by atoms with Gasteiger partial charge in [0, 0.05) is 11.5 Å². The molecule has 1 amide bonds. The van der Waals surface area contributed by atoms with Gasteiger partial charge in [0.2, 0.25) is 5.91 Å². The van der Waals surface area contributed by atoms with Crippen LogP contribution in [0.15, 0.2) is 23.3 Å². The van der Waals surface area contributed by atoms with Gasteiger partial charge in [0.05, 0.1) is 13.2 Å². The standard InChI is InChI=1S/C14H20N4O3/c1-3-20-12-6-5-11(9-13(12)21-4-2)7-8-16-14(19)10-17-18-15/h5-6,9H,3-4,7-8,10H2,1-2H3,(H,16,19). The summed E-state index contributed by atoms with van der Waals surface area (Å²) in [6, 6.07) is 5.72. The average Bonchev–Trinajstić information content (AvgIpc) is 2.48. The SMILES string of the molecule is CCOc1ccc(CCNC(=O)CN=[N+]=[N-])cc1OCC. The van der Waals surface area contributed by atoms with Crippen molar-refractivity contribution in [1.82, 2.24) is 5.32 Å². The first-order valence-corrected chi connectivity index (χ1v) is 6.87. The first-order chi connectivity index (χ1) is 10.2. The molecule has 0 heterocycles. The molecule has 0 aliphatic carbocycles. The molecule has 0 atom stereocenters. The van der Waals surface area contributed by atoms with Crippen molar-refractivity contribution in [2.75, 3.05) is 26.3 Å². The highest BCUT2D eigenvalue weighted by molar-refractivity contribution is 5.78. The number of nitrogens with zero attached hydrogens (tertiary/aromatic N) is 3. The van der Waals surface area contributed by atoms with Crippen LogP contribution in [0.25, 0.3) is 10.4 Å². The van der Waals surface area contributed by atoms with Crippen LogP contribution in [0.4, 0.5) is 0 Å². The summed E-state index contributed by atoms with van der Waals surface area (Å²) in [5, 5.41) is 5.88. The lowest BCUT2D eigenvalue weighted by molar-refractivity contribution is -0.119. The molecule has 7 nitrogen and oxygen atoms in total. The topological polar surface area (TPSA) is 96.3 Å². The molecule has 1 N–H and O–H groups in total. The second-order valence-electron chi connectivity index (χ2n) is 4.14. The zero-order valence-electron chi connectivity index (χ0n) is 12.3. The fourth-order valence-corrected chi connectivity index (χ4v) is 1.75. The molecular formula is C14H20N4O3. The van der Waals surface area contributed by atoms with E-state index in [-0.39, 0.29) is 12.5 Å². The third-order valence-electron chi connectivity index (χ3n) is 2.62. The van der Waals surface area contributed by atoms with Gasteiger partial charge in [-0.3, -0.25) is 4.79 Å². The van der Waals surface area contributed by atoms with Gasteiger partial charge in [-0.1, -0.05) is 11.2 Å². The third-order valence-corrected chi connectivity index (χ3v) is 2.62. The summed E-state index contributed by atoms with van der Waals surface area (Å²) < 4.78 is 11.0. The fourth-order valence-electron chi connectivity index (χ4n) is 1.75. The van der Waals surface area contributed by atoms with E-state index in [1.54, 1.807) is 0 Å². The molecule has 0 aliphatic rings. The summed E-state index contributed by atoms with van der Waals surface area (Å²) >= 11 is 0. The van der Waals surface area contributed by atoms with E-state index in [4.69, 9.17) is 15.0 Å². The minimum atomic E-state index is -0.288. The number of rotatable bonds is 9. The van der Waals surface area contributed by atoms with Gasteiger partial charge in [-0.15, -0.1) is 0 Å². The van der Waals surface area contributed by atoms with Crippen LogP contribution in [-0.2, 0) is 11.2 Å². The molecule has 0 spiro atoms. The van der Waals surface area contributed by atoms with E-state index in [2.05, 4.69) is 15.3 Å². The van der Waals surface area contributed by atoms with Crippen molar-refractivity contribution in [3.8, 4) is 11.5 Å². The predicted octanol–water partition coefficient (Wildman–Crippen LogP) is 2.45. The number of azide groups is 1. The van der Waals surface area contributed by atoms with E-state index >= 15 is 0 Å². The molecule has 21 heavy (non-hydrogen) atoms. The highest BCUT2D eigenvalue weighted by Crippen LogP contribution is 2.28. The van der Waals surface area contributed by atoms with Gasteiger partial charge in [0.15, 0.2) is 11.5 Å². The zero-order valence-corrected chi connectivity index (χ0v) is 12.3. The molecule has 0 saturated carbocycles. The number of carbonyl (C=O) groups excluding carboxylic acids is 1. The summed E-state index contributed by atoms with van der Waals surface area (Å²) in [5.74, 6) is 1.14. The Bertz CT molecular complexity index is 513. The molecule has 0 aromatic heterocycles. The molecule has 0 unspecified atom stereocenters. The Morgan fingerprint density at radius 3 is 2.67 bits per heavy atom. The first-order valence-electron chi connectivity index (χ1n) is 6.87. The number of hydrogen-bond acceptors (Lipinski definition) is 4. The normalized spacial score (nSPS) is 9.62. The van der Waals surface area contributed by atoms with Gasteiger partial charge >= 0.3 is 0 Å². The molecule has 114 valence electrons. The van der Waals surface area contributed by atoms with Gasteiger partial charge in [0.1, 0.15) is 6.54 Å². The van der Waals surface area contributed by atoms with Crippen molar-refractivity contribution in [2.45, 2.75) is 20.3 Å². The second kappa shape index (κ2) is 9.50. The van der Waals surface area contributed by atoms with Crippen molar-refractivity contribution in [3.05, 3.63) is 34.2 Å². The van der Waals surface area contributed by atoms with E-state index < -0.39 is 0 Å². The van der Waals surface area contributed by atoms with E-state index in [1.807, 2.05) is 32.0 Å². The molecule has 1 rings (SSSR count). The van der Waals surface area contributed by atoms with Crippen molar-refractivity contribution in [3.63, 3.8) is 0 Å². The second-order valence-corrected chi connectivity index (χ2v) is 4.14. The van der Waals surface area contributed by atoms with Crippen LogP contribution >= 0.6 is 0 Å². The molecule has 1 aromatic carbocycles. The highest BCUT2D eigenvalue weighted by atomic mass is 16.5. The monoisotopic (exact) mass is 292 g/mol. The van der Waals surface area contributed by atoms with Crippen LogP contribution in [0.5, 0.6) is 11.5 Å². The predicted molar refractivity (Wildman–Crippen MR) is 79.5 cm³/mol. The van der Waals surface area contributed by atoms with Crippen LogP contribution in [-0.4, -0.2) is 32.2 Å². The molecule has 0 aliphatic heterocycles. The smallest absolute Gasteiger partial charge is 0.225 e. The fraction of sp³-hybridized carbons (Fsp3) is 0.500. The van der Waals surface area contributed by atoms with Crippen molar-refractivity contribution in [2.24, 2.45) is 5.11 Å². The highest BCUT2D eigenvalue weighted by Gasteiger charge is 2.06. The minimum Gasteiger partial charge on any atom is -0.490 e. The van der Waals surface area contributed by atoms with Crippen LogP contribution in [0.1, 0.15) is 19.4 Å². The van der Waals surface area contributed by atoms with Crippen LogP contribution in [0.2, 0.25) is 0 Å². The molecular weight excluding hydrogens is 272 g/mol. The number of nitrogens with one attached hydrogen (secondary N) is 1. The summed E-state index contributed by atoms with van der Waals surface area (Å²) in [4.78, 5) is 13.8. The Kier molecular flexibility index (Phi) is 7.53. The Morgan fingerprint density at radius 2 is 2.00 bits per heavy atom. The van der Waals surface area contributed by atoms with Crippen molar-refractivity contribution in [1.29, 1.82) is 0 Å². The number of amides is 1. The molecule has 0 radical (unpaired) electrons. The number of ether oxygens (including phenoxy) is 2. The largest absolute Gasteiger partial charge is 0.490 e. The van der Waals surface area contributed by atoms with Gasteiger partial charge in [0.25, 0.3) is 0 Å². The van der Waals surface area contributed by atoms with E-state index in [0.717, 1.165) is 11.3 Å². The van der Waals surface area contributed by atoms with Gasteiger partial charge in [-0.25, -0.2) is 0 Å². The van der Waals surface area contributed by atoms with Gasteiger partial charge in [-0.05, 0) is 43.5 Å². The van der Waals surface area contributed by atoms with Crippen molar-refractivity contribution >= 4 is 5.91 Å². The lowest BCUT2D eigenvalue weighted by atomic mass is 10.1. The Hall–Kier alpha value is -2.40. The summed E-state index contributed by atoms with van der Waals surface area (Å²) in [6.07, 6.45) is 0.661. The molecule has 7 heteroatoms. The lowest BCUT2D eigenvalue weighted by Crippen LogP contribution is -2.27. The number of carbonyl (C=O) groups is 1. The van der Waals surface area contributed by atoms with E-state index in [9.17, 15) is 4.79 Å². The third kappa shape index (κ3) is 6.05. The Labute approximate surface area is 123 Å². The Balaban J connectivity index is 2.57. The van der Waals surface area contributed by atoms with E-state index in [1.165, 1.54) is 0 Å². The van der Waals surface area contributed by atoms with Gasteiger partial charge < -0.3 is 14.8 Å². The van der Waals surface area contributed by atoms with Crippen LogP contribution in [0, 0.1) is 0 Å². The van der Waals surface area contributed by atoms with E-state index in [0.29, 0.717) is 31.9 Å². The zero-order chi connectivity index (χ0) is 15.5. The molecule has 0 bridgehead atoms. The summed E-state index contributed by atoms with van der Waals surface area (Å²) in [7, 11) is 0. The number of benzene rings is 1. The molecule has 1 aromatic rings. The van der Waals surface area contributed by atoms with Crippen LogP contribution in [0.3, 0.4) is 0 Å². The quantitative estimate of drug-likeness (QED) is 0.430. The average molecular weight is 292 g/mol. The molecule has 0 fully saturated rings. The maximum Gasteiger partial charge on any atom is 0.225 e. The number of hydrogen-bond donors (Lipinski definition) is 1. The lowest BCUT2D eigenvalue weighted by Gasteiger charge is -2.12. The van der Waals surface area contributed by atoms with Gasteiger partial charge in [-0.2, -0.15) is 0 Å². The minimum absolute atomic E-state index is 0.177. The summed E-state index contributed by atoms with van der Waals surface area (Å²) in [5.41, 5.74) is 9.16.